The molecule has 8 heteroatoms. The second-order valence-electron chi connectivity index (χ2n) is 9.78. The highest BCUT2D eigenvalue weighted by atomic mass is 32.2. The summed E-state index contributed by atoms with van der Waals surface area (Å²) in [6, 6.07) is 3.09. The molecule has 2 aliphatic heterocycles. The molecule has 174 valence electrons. The third kappa shape index (κ3) is 5.34. The van der Waals surface area contributed by atoms with Gasteiger partial charge in [0.05, 0.1) is 18.0 Å². The molecule has 1 aliphatic carbocycles. The summed E-state index contributed by atoms with van der Waals surface area (Å²) in [5.41, 5.74) is 1.37. The molecule has 0 aromatic carbocycles. The molecule has 0 unspecified atom stereocenters. The fraction of sp³-hybridized carbons (Fsp3) is 0.783. The van der Waals surface area contributed by atoms with Crippen LogP contribution in [0.5, 0.6) is 0 Å². The quantitative estimate of drug-likeness (QED) is 0.666. The Hall–Kier alpha value is -0.960. The van der Waals surface area contributed by atoms with Crippen LogP contribution in [0.2, 0.25) is 0 Å². The molecular formula is C23H36N2O4S2. The Balaban J connectivity index is 1.25. The zero-order valence-electron chi connectivity index (χ0n) is 19.0. The largest absolute Gasteiger partial charge is 0.370 e. The van der Waals surface area contributed by atoms with Crippen molar-refractivity contribution in [1.29, 1.82) is 0 Å². The summed E-state index contributed by atoms with van der Waals surface area (Å²) >= 11 is 1.98. The van der Waals surface area contributed by atoms with Crippen molar-refractivity contribution in [2.45, 2.75) is 76.5 Å². The molecule has 1 saturated heterocycles. The first kappa shape index (κ1) is 23.2. The molecule has 0 radical (unpaired) electrons. The summed E-state index contributed by atoms with van der Waals surface area (Å²) in [6.45, 7) is 7.53. The van der Waals surface area contributed by atoms with E-state index in [1.54, 1.807) is 0 Å². The molecular weight excluding hydrogens is 432 g/mol. The molecule has 1 N–H and O–H groups in total. The van der Waals surface area contributed by atoms with Crippen LogP contribution in [0.15, 0.2) is 6.07 Å². The Morgan fingerprint density at radius 2 is 2.16 bits per heavy atom. The summed E-state index contributed by atoms with van der Waals surface area (Å²) in [4.78, 5) is 17.6. The minimum Gasteiger partial charge on any atom is -0.370 e. The molecule has 6 nitrogen and oxygen atoms in total. The van der Waals surface area contributed by atoms with Crippen molar-refractivity contribution in [2.75, 3.05) is 31.7 Å². The fourth-order valence-electron chi connectivity index (χ4n) is 5.46. The van der Waals surface area contributed by atoms with E-state index in [0.717, 1.165) is 58.2 Å². The number of piperidine rings is 1. The number of thiophene rings is 1. The number of hydrogen-bond acceptors (Lipinski definition) is 6. The van der Waals surface area contributed by atoms with E-state index in [1.165, 1.54) is 21.6 Å². The topological polar surface area (TPSA) is 75.7 Å². The lowest BCUT2D eigenvalue weighted by molar-refractivity contribution is -0.123. The van der Waals surface area contributed by atoms with Crippen molar-refractivity contribution in [3.05, 3.63) is 21.4 Å². The maximum atomic E-state index is 11.9. The van der Waals surface area contributed by atoms with Crippen LogP contribution in [0.4, 0.5) is 0 Å². The number of nitrogens with zero attached hydrogens (tertiary/aromatic N) is 1. The van der Waals surface area contributed by atoms with Gasteiger partial charge in [0.25, 0.3) is 0 Å². The Bertz CT molecular complexity index is 907. The third-order valence-corrected chi connectivity index (χ3v) is 9.54. The number of sulfone groups is 1. The number of fused-ring (bicyclic) bond motifs is 2. The van der Waals surface area contributed by atoms with E-state index in [1.807, 2.05) is 11.3 Å². The maximum absolute atomic E-state index is 11.9. The van der Waals surface area contributed by atoms with Gasteiger partial charge in [-0.3, -0.25) is 4.79 Å². The van der Waals surface area contributed by atoms with E-state index in [0.29, 0.717) is 12.0 Å². The Morgan fingerprint density at radius 1 is 1.39 bits per heavy atom. The van der Waals surface area contributed by atoms with Crippen molar-refractivity contribution >= 4 is 27.1 Å². The van der Waals surface area contributed by atoms with E-state index >= 15 is 0 Å². The Labute approximate surface area is 190 Å². The van der Waals surface area contributed by atoms with Crippen LogP contribution in [0.25, 0.3) is 0 Å². The predicted molar refractivity (Wildman–Crippen MR) is 124 cm³/mol. The molecule has 2 fully saturated rings. The number of ether oxygens (including phenoxy) is 1. The number of likely N-dealkylation sites (tertiary alicyclic amines) is 1. The molecule has 1 aromatic rings. The van der Waals surface area contributed by atoms with Crippen molar-refractivity contribution in [3.63, 3.8) is 0 Å². The molecule has 4 rings (SSSR count). The first-order valence-electron chi connectivity index (χ1n) is 11.6. The van der Waals surface area contributed by atoms with Gasteiger partial charge in [-0.15, -0.1) is 11.3 Å². The van der Waals surface area contributed by atoms with Crippen LogP contribution < -0.4 is 5.32 Å². The predicted octanol–water partition coefficient (Wildman–Crippen LogP) is 2.89. The van der Waals surface area contributed by atoms with Crippen LogP contribution >= 0.6 is 11.3 Å². The highest BCUT2D eigenvalue weighted by Crippen LogP contribution is 2.46. The molecule has 1 amide bonds. The first-order valence-corrected chi connectivity index (χ1v) is 14.5. The number of carbonyl (C=O) groups is 1. The Kier molecular flexibility index (Phi) is 6.83. The molecule has 3 heterocycles. The van der Waals surface area contributed by atoms with Crippen LogP contribution in [0.1, 0.15) is 61.3 Å². The average Bonchev–Trinajstić information content (AvgIpc) is 3.11. The second-order valence-corrected chi connectivity index (χ2v) is 13.3. The van der Waals surface area contributed by atoms with Crippen LogP contribution in [0, 0.1) is 5.92 Å². The highest BCUT2D eigenvalue weighted by Gasteiger charge is 2.45. The smallest absolute Gasteiger partial charge is 0.221 e. The van der Waals surface area contributed by atoms with Gasteiger partial charge in [0.1, 0.15) is 9.84 Å². The van der Waals surface area contributed by atoms with E-state index in [-0.39, 0.29) is 29.7 Å². The molecule has 1 spiro atoms. The van der Waals surface area contributed by atoms with Gasteiger partial charge in [0, 0.05) is 54.0 Å². The average molecular weight is 469 g/mol. The van der Waals surface area contributed by atoms with Crippen molar-refractivity contribution in [2.24, 2.45) is 5.92 Å². The zero-order valence-corrected chi connectivity index (χ0v) is 20.6. The van der Waals surface area contributed by atoms with Gasteiger partial charge in [-0.2, -0.15) is 0 Å². The first-order chi connectivity index (χ1) is 14.7. The van der Waals surface area contributed by atoms with Gasteiger partial charge in [-0.05, 0) is 56.6 Å². The minimum atomic E-state index is -3.09. The molecule has 0 bridgehead atoms. The standard InChI is InChI=1S/C23H36N2O4S2/c1-4-19-13-20-21(30-19)5-9-29-23(20)7-8-25(16(2)14-23)15-17-11-18(12-17)24-22(26)6-10-31(3,27)28/h13,16-18H,4-12,14-15H2,1-3H3,(H,24,26)/t16-,17-,18+,23+/m0/s1. The lowest BCUT2D eigenvalue weighted by Crippen LogP contribution is -2.54. The van der Waals surface area contributed by atoms with Gasteiger partial charge in [0.15, 0.2) is 0 Å². The third-order valence-electron chi connectivity index (χ3n) is 7.25. The number of carbonyl (C=O) groups excluding carboxylic acids is 1. The van der Waals surface area contributed by atoms with Gasteiger partial charge in [-0.25, -0.2) is 8.42 Å². The number of nitrogens with one attached hydrogen (secondary N) is 1. The van der Waals surface area contributed by atoms with E-state index in [4.69, 9.17) is 4.74 Å². The van der Waals surface area contributed by atoms with Gasteiger partial charge in [-0.1, -0.05) is 6.92 Å². The molecule has 31 heavy (non-hydrogen) atoms. The summed E-state index contributed by atoms with van der Waals surface area (Å²) in [5, 5.41) is 2.99. The normalized spacial score (nSPS) is 31.3. The maximum Gasteiger partial charge on any atom is 0.221 e. The van der Waals surface area contributed by atoms with E-state index in [9.17, 15) is 13.2 Å². The summed E-state index contributed by atoms with van der Waals surface area (Å²) in [6.07, 6.45) is 7.48. The number of amides is 1. The molecule has 3 aliphatic rings. The fourth-order valence-corrected chi connectivity index (χ4v) is 7.19. The SMILES string of the molecule is CCc1cc2c(s1)CCO[C@@]21CCN(C[C@H]2C[C@@H](NC(=O)CCS(C)(=O)=O)C2)[C@@H](C)C1. The lowest BCUT2D eigenvalue weighted by atomic mass is 9.76. The monoisotopic (exact) mass is 468 g/mol. The van der Waals surface area contributed by atoms with Gasteiger partial charge in [0.2, 0.25) is 5.91 Å². The summed E-state index contributed by atoms with van der Waals surface area (Å²) in [5.74, 6) is 0.386. The Morgan fingerprint density at radius 3 is 2.84 bits per heavy atom. The van der Waals surface area contributed by atoms with Gasteiger partial charge < -0.3 is 15.0 Å². The van der Waals surface area contributed by atoms with Crippen LogP contribution in [-0.2, 0) is 37.8 Å². The molecule has 2 atom stereocenters. The van der Waals surface area contributed by atoms with Crippen molar-refractivity contribution in [3.8, 4) is 0 Å². The van der Waals surface area contributed by atoms with Gasteiger partial charge >= 0.3 is 0 Å². The molecule has 1 saturated carbocycles. The highest BCUT2D eigenvalue weighted by molar-refractivity contribution is 7.90. The number of rotatable bonds is 7. The zero-order chi connectivity index (χ0) is 22.2. The summed E-state index contributed by atoms with van der Waals surface area (Å²) in [7, 11) is -3.09. The van der Waals surface area contributed by atoms with Crippen molar-refractivity contribution in [1.82, 2.24) is 10.2 Å². The minimum absolute atomic E-state index is 0.0650. The molecule has 1 aromatic heterocycles. The van der Waals surface area contributed by atoms with Crippen LogP contribution in [-0.4, -0.2) is 63.0 Å². The van der Waals surface area contributed by atoms with Crippen LogP contribution in [0.3, 0.4) is 0 Å². The lowest BCUT2D eigenvalue weighted by Gasteiger charge is -2.49. The summed E-state index contributed by atoms with van der Waals surface area (Å²) < 4.78 is 28.9. The number of hydrogen-bond donors (Lipinski definition) is 1. The van der Waals surface area contributed by atoms with Crippen molar-refractivity contribution < 1.29 is 17.9 Å². The van der Waals surface area contributed by atoms with E-state index < -0.39 is 9.84 Å². The second kappa shape index (κ2) is 9.12. The van der Waals surface area contributed by atoms with E-state index in [2.05, 4.69) is 30.1 Å². The number of aryl methyl sites for hydroxylation is 1.